The van der Waals surface area contributed by atoms with Crippen LogP contribution in [-0.2, 0) is 9.53 Å². The molecule has 0 aliphatic rings. The van der Waals surface area contributed by atoms with E-state index in [9.17, 15) is 9.18 Å². The van der Waals surface area contributed by atoms with Gasteiger partial charge >= 0.3 is 5.97 Å². The first-order valence-electron chi connectivity index (χ1n) is 4.80. The summed E-state index contributed by atoms with van der Waals surface area (Å²) in [5.41, 5.74) is 6.48. The highest BCUT2D eigenvalue weighted by molar-refractivity contribution is 5.85. The molecule has 0 bridgehead atoms. The van der Waals surface area contributed by atoms with Crippen LogP contribution in [0.25, 0.3) is 0 Å². The van der Waals surface area contributed by atoms with Crippen LogP contribution in [0, 0.1) is 5.82 Å². The van der Waals surface area contributed by atoms with Crippen LogP contribution in [0.5, 0.6) is 0 Å². The van der Waals surface area contributed by atoms with Gasteiger partial charge in [0.15, 0.2) is 0 Å². The smallest absolute Gasteiger partial charge is 0.307 e. The number of carbonyl (C=O) groups excluding carboxylic acids is 1. The Bertz CT molecular complexity index is 329. The molecule has 1 rings (SSSR count). The van der Waals surface area contributed by atoms with Crippen LogP contribution in [0.4, 0.5) is 4.39 Å². The molecule has 0 spiro atoms. The Hall–Kier alpha value is -1.13. The second-order valence-electron chi connectivity index (χ2n) is 3.17. The molecule has 0 saturated heterocycles. The Balaban J connectivity index is 0.00000225. The zero-order valence-electron chi connectivity index (χ0n) is 8.98. The van der Waals surface area contributed by atoms with Crippen LogP contribution >= 0.6 is 12.4 Å². The van der Waals surface area contributed by atoms with Crippen molar-refractivity contribution in [1.82, 2.24) is 0 Å². The average Bonchev–Trinajstić information content (AvgIpc) is 2.18. The van der Waals surface area contributed by atoms with Crippen molar-refractivity contribution in [3.8, 4) is 0 Å². The number of benzene rings is 1. The number of nitrogens with two attached hydrogens (primary N) is 1. The van der Waals surface area contributed by atoms with Crippen molar-refractivity contribution in [2.24, 2.45) is 5.73 Å². The predicted octanol–water partition coefficient (Wildman–Crippen LogP) is 2.20. The molecule has 3 nitrogen and oxygen atoms in total. The van der Waals surface area contributed by atoms with E-state index in [0.29, 0.717) is 6.61 Å². The molecule has 2 N–H and O–H groups in total. The summed E-state index contributed by atoms with van der Waals surface area (Å²) in [5.74, 6) is -0.656. The fourth-order valence-corrected chi connectivity index (χ4v) is 1.23. The first-order chi connectivity index (χ1) is 7.13. The van der Waals surface area contributed by atoms with E-state index < -0.39 is 6.04 Å². The van der Waals surface area contributed by atoms with Crippen molar-refractivity contribution >= 4 is 18.4 Å². The zero-order valence-corrected chi connectivity index (χ0v) is 9.80. The van der Waals surface area contributed by atoms with Crippen molar-refractivity contribution in [3.05, 3.63) is 35.6 Å². The van der Waals surface area contributed by atoms with Crippen LogP contribution < -0.4 is 5.73 Å². The van der Waals surface area contributed by atoms with E-state index in [1.54, 1.807) is 19.1 Å². The van der Waals surface area contributed by atoms with E-state index in [-0.39, 0.29) is 30.6 Å². The second-order valence-corrected chi connectivity index (χ2v) is 3.17. The molecule has 0 unspecified atom stereocenters. The molecule has 16 heavy (non-hydrogen) atoms. The molecule has 0 saturated carbocycles. The van der Waals surface area contributed by atoms with Crippen molar-refractivity contribution in [2.45, 2.75) is 19.4 Å². The number of ether oxygens (including phenoxy) is 1. The van der Waals surface area contributed by atoms with Gasteiger partial charge in [0, 0.05) is 6.04 Å². The molecule has 90 valence electrons. The van der Waals surface area contributed by atoms with Gasteiger partial charge in [-0.05, 0) is 24.6 Å². The molecule has 0 aliphatic heterocycles. The molecular weight excluding hydrogens is 233 g/mol. The van der Waals surface area contributed by atoms with Gasteiger partial charge in [-0.15, -0.1) is 12.4 Å². The van der Waals surface area contributed by atoms with Gasteiger partial charge in [0.2, 0.25) is 0 Å². The molecule has 0 radical (unpaired) electrons. The Kier molecular flexibility index (Phi) is 6.69. The van der Waals surface area contributed by atoms with E-state index in [4.69, 9.17) is 10.5 Å². The lowest BCUT2D eigenvalue weighted by molar-refractivity contribution is -0.143. The maximum absolute atomic E-state index is 12.6. The summed E-state index contributed by atoms with van der Waals surface area (Å²) in [7, 11) is 0. The third kappa shape index (κ3) is 4.59. The van der Waals surface area contributed by atoms with Crippen LogP contribution in [0.15, 0.2) is 24.3 Å². The highest BCUT2D eigenvalue weighted by Crippen LogP contribution is 2.14. The van der Waals surface area contributed by atoms with Gasteiger partial charge in [-0.1, -0.05) is 12.1 Å². The third-order valence-corrected chi connectivity index (χ3v) is 1.99. The predicted molar refractivity (Wildman–Crippen MR) is 61.8 cm³/mol. The minimum Gasteiger partial charge on any atom is -0.466 e. The zero-order chi connectivity index (χ0) is 11.3. The van der Waals surface area contributed by atoms with Gasteiger partial charge in [0.05, 0.1) is 13.0 Å². The van der Waals surface area contributed by atoms with Crippen LogP contribution in [-0.4, -0.2) is 12.6 Å². The van der Waals surface area contributed by atoms with E-state index in [2.05, 4.69) is 0 Å². The third-order valence-electron chi connectivity index (χ3n) is 1.99. The molecular formula is C11H15ClFNO2. The van der Waals surface area contributed by atoms with Crippen LogP contribution in [0.2, 0.25) is 0 Å². The molecule has 0 fully saturated rings. The lowest BCUT2D eigenvalue weighted by Gasteiger charge is -2.10. The Morgan fingerprint density at radius 2 is 2.00 bits per heavy atom. The molecule has 0 aromatic heterocycles. The van der Waals surface area contributed by atoms with Gasteiger partial charge in [-0.25, -0.2) is 4.39 Å². The van der Waals surface area contributed by atoms with Gasteiger partial charge in [-0.2, -0.15) is 0 Å². The molecule has 0 aliphatic carbocycles. The maximum Gasteiger partial charge on any atom is 0.307 e. The Morgan fingerprint density at radius 3 is 2.50 bits per heavy atom. The topological polar surface area (TPSA) is 52.3 Å². The summed E-state index contributed by atoms with van der Waals surface area (Å²) < 4.78 is 17.4. The van der Waals surface area contributed by atoms with Crippen molar-refractivity contribution in [2.75, 3.05) is 6.61 Å². The summed E-state index contributed by atoms with van der Waals surface area (Å²) in [5, 5.41) is 0. The largest absolute Gasteiger partial charge is 0.466 e. The number of halogens is 2. The SMILES string of the molecule is CCOC(=O)C[C@H](N)c1ccc(F)cc1.Cl. The minimum atomic E-state index is -0.440. The molecule has 1 aromatic rings. The maximum atomic E-state index is 12.6. The summed E-state index contributed by atoms with van der Waals surface area (Å²) in [6.07, 6.45) is 0.111. The summed E-state index contributed by atoms with van der Waals surface area (Å²) >= 11 is 0. The first-order valence-corrected chi connectivity index (χ1v) is 4.80. The molecule has 5 heteroatoms. The average molecular weight is 248 g/mol. The summed E-state index contributed by atoms with van der Waals surface area (Å²) in [6, 6.07) is 5.34. The minimum absolute atomic E-state index is 0. The highest BCUT2D eigenvalue weighted by Gasteiger charge is 2.12. The van der Waals surface area contributed by atoms with Gasteiger partial charge in [-0.3, -0.25) is 4.79 Å². The number of esters is 1. The van der Waals surface area contributed by atoms with E-state index >= 15 is 0 Å². The second kappa shape index (κ2) is 7.19. The van der Waals surface area contributed by atoms with Gasteiger partial charge in [0.25, 0.3) is 0 Å². The lowest BCUT2D eigenvalue weighted by Crippen LogP contribution is -2.17. The summed E-state index contributed by atoms with van der Waals surface area (Å²) in [4.78, 5) is 11.1. The normalized spacial score (nSPS) is 11.4. The standard InChI is InChI=1S/C11H14FNO2.ClH/c1-2-15-11(14)7-10(13)8-3-5-9(12)6-4-8;/h3-6,10H,2,7,13H2,1H3;1H/t10-;/m0./s1. The number of hydrogen-bond acceptors (Lipinski definition) is 3. The fraction of sp³-hybridized carbons (Fsp3) is 0.364. The first kappa shape index (κ1) is 14.9. The fourth-order valence-electron chi connectivity index (χ4n) is 1.23. The number of hydrogen-bond donors (Lipinski definition) is 1. The number of rotatable bonds is 4. The molecule has 0 heterocycles. The van der Waals surface area contributed by atoms with E-state index in [1.165, 1.54) is 12.1 Å². The van der Waals surface area contributed by atoms with Gasteiger partial charge in [0.1, 0.15) is 5.82 Å². The van der Waals surface area contributed by atoms with Gasteiger partial charge < -0.3 is 10.5 Å². The van der Waals surface area contributed by atoms with Crippen molar-refractivity contribution in [1.29, 1.82) is 0 Å². The van der Waals surface area contributed by atoms with E-state index in [0.717, 1.165) is 5.56 Å². The highest BCUT2D eigenvalue weighted by atomic mass is 35.5. The Labute approximate surface area is 100 Å². The molecule has 0 amide bonds. The van der Waals surface area contributed by atoms with Crippen LogP contribution in [0.3, 0.4) is 0 Å². The molecule has 1 aromatic carbocycles. The van der Waals surface area contributed by atoms with Crippen molar-refractivity contribution in [3.63, 3.8) is 0 Å². The molecule has 1 atom stereocenters. The Morgan fingerprint density at radius 1 is 1.44 bits per heavy atom. The van der Waals surface area contributed by atoms with Crippen LogP contribution in [0.1, 0.15) is 24.9 Å². The summed E-state index contributed by atoms with van der Waals surface area (Å²) in [6.45, 7) is 2.08. The van der Waals surface area contributed by atoms with Crippen molar-refractivity contribution < 1.29 is 13.9 Å². The quantitative estimate of drug-likeness (QED) is 0.830. The monoisotopic (exact) mass is 247 g/mol. The lowest BCUT2D eigenvalue weighted by atomic mass is 10.1. The number of carbonyl (C=O) groups is 1. The van der Waals surface area contributed by atoms with E-state index in [1.807, 2.05) is 0 Å².